The fourth-order valence-electron chi connectivity index (χ4n) is 2.15. The molecule has 4 heteroatoms. The fraction of sp³-hybridized carbons (Fsp3) is 1.00. The predicted octanol–water partition coefficient (Wildman–Crippen LogP) is 0.362. The Balaban J connectivity index is 2.11. The normalized spacial score (nSPS) is 39.2. The van der Waals surface area contributed by atoms with Gasteiger partial charge in [0.2, 0.25) is 0 Å². The second-order valence-corrected chi connectivity index (χ2v) is 5.33. The van der Waals surface area contributed by atoms with Crippen molar-refractivity contribution in [3.63, 3.8) is 0 Å². The highest BCUT2D eigenvalue weighted by atomic mass is 32.2. The van der Waals surface area contributed by atoms with Crippen molar-refractivity contribution >= 4 is 11.8 Å². The van der Waals surface area contributed by atoms with E-state index in [1.54, 1.807) is 0 Å². The third-order valence-corrected chi connectivity index (χ3v) is 4.28. The molecule has 0 saturated carbocycles. The second kappa shape index (κ2) is 3.42. The van der Waals surface area contributed by atoms with Crippen LogP contribution >= 0.6 is 11.8 Å². The Kier molecular flexibility index (Phi) is 2.57. The van der Waals surface area contributed by atoms with E-state index in [9.17, 15) is 5.11 Å². The molecular formula is C9H17NO2S. The second-order valence-electron chi connectivity index (χ2n) is 4.10. The first-order valence-corrected chi connectivity index (χ1v) is 5.99. The van der Waals surface area contributed by atoms with E-state index in [1.807, 2.05) is 11.8 Å². The average molecular weight is 203 g/mol. The lowest BCUT2D eigenvalue weighted by Gasteiger charge is -2.43. The van der Waals surface area contributed by atoms with Crippen LogP contribution in [0.4, 0.5) is 0 Å². The summed E-state index contributed by atoms with van der Waals surface area (Å²) in [4.78, 5) is 0. The molecule has 2 aliphatic heterocycles. The van der Waals surface area contributed by atoms with Crippen LogP contribution in [0.25, 0.3) is 0 Å². The minimum absolute atomic E-state index is 0.478. The summed E-state index contributed by atoms with van der Waals surface area (Å²) in [6, 6.07) is 0. The highest BCUT2D eigenvalue weighted by molar-refractivity contribution is 7.99. The first-order chi connectivity index (χ1) is 6.16. The number of ether oxygens (including phenoxy) is 1. The van der Waals surface area contributed by atoms with Crippen molar-refractivity contribution in [1.82, 2.24) is 0 Å². The Bertz CT molecular complexity index is 186. The molecule has 0 aromatic carbocycles. The largest absolute Gasteiger partial charge is 0.388 e. The van der Waals surface area contributed by atoms with Gasteiger partial charge in [-0.3, -0.25) is 0 Å². The summed E-state index contributed by atoms with van der Waals surface area (Å²) in [6.07, 6.45) is 2.43. The lowest BCUT2D eigenvalue weighted by atomic mass is 9.76. The Hall–Kier alpha value is 0.230. The minimum Gasteiger partial charge on any atom is -0.388 e. The van der Waals surface area contributed by atoms with Crippen LogP contribution in [-0.4, -0.2) is 41.0 Å². The van der Waals surface area contributed by atoms with Crippen molar-refractivity contribution in [2.24, 2.45) is 5.73 Å². The van der Waals surface area contributed by atoms with Crippen LogP contribution < -0.4 is 5.73 Å². The van der Waals surface area contributed by atoms with Crippen molar-refractivity contribution in [3.8, 4) is 0 Å². The van der Waals surface area contributed by atoms with Crippen LogP contribution in [0, 0.1) is 0 Å². The third kappa shape index (κ3) is 1.61. The van der Waals surface area contributed by atoms with E-state index in [0.717, 1.165) is 30.8 Å². The predicted molar refractivity (Wildman–Crippen MR) is 53.9 cm³/mol. The maximum atomic E-state index is 10.4. The van der Waals surface area contributed by atoms with Crippen LogP contribution in [0.5, 0.6) is 0 Å². The summed E-state index contributed by atoms with van der Waals surface area (Å²) in [6.45, 7) is 1.22. The topological polar surface area (TPSA) is 55.5 Å². The Morgan fingerprint density at radius 2 is 1.92 bits per heavy atom. The first-order valence-electron chi connectivity index (χ1n) is 4.83. The van der Waals surface area contributed by atoms with E-state index in [2.05, 4.69) is 0 Å². The van der Waals surface area contributed by atoms with Gasteiger partial charge in [0.1, 0.15) is 0 Å². The number of hydrogen-bond acceptors (Lipinski definition) is 4. The summed E-state index contributed by atoms with van der Waals surface area (Å²) in [7, 11) is 0. The van der Waals surface area contributed by atoms with Crippen LogP contribution in [0.2, 0.25) is 0 Å². The van der Waals surface area contributed by atoms with Crippen LogP contribution in [0.1, 0.15) is 19.3 Å². The molecule has 0 aliphatic carbocycles. The maximum absolute atomic E-state index is 10.4. The van der Waals surface area contributed by atoms with Crippen molar-refractivity contribution in [3.05, 3.63) is 0 Å². The maximum Gasteiger partial charge on any atom is 0.0865 e. The van der Waals surface area contributed by atoms with E-state index >= 15 is 0 Å². The minimum atomic E-state index is -0.672. The summed E-state index contributed by atoms with van der Waals surface area (Å²) < 4.78 is 5.29. The molecule has 2 aliphatic rings. The molecule has 13 heavy (non-hydrogen) atoms. The molecule has 2 saturated heterocycles. The number of hydrogen-bond donors (Lipinski definition) is 2. The first kappa shape index (κ1) is 9.77. The molecule has 0 aromatic rings. The third-order valence-electron chi connectivity index (χ3n) is 3.30. The molecule has 1 atom stereocenters. The van der Waals surface area contributed by atoms with Crippen molar-refractivity contribution in [1.29, 1.82) is 0 Å². The number of aliphatic hydroxyl groups is 1. The summed E-state index contributed by atoms with van der Waals surface area (Å²) >= 11 is 1.90. The van der Waals surface area contributed by atoms with E-state index in [-0.39, 0.29) is 0 Å². The van der Waals surface area contributed by atoms with Gasteiger partial charge in [-0.25, -0.2) is 0 Å². The van der Waals surface area contributed by atoms with Gasteiger partial charge in [0, 0.05) is 6.61 Å². The molecule has 0 amide bonds. The molecule has 2 heterocycles. The zero-order chi connectivity index (χ0) is 9.36. The number of rotatable bonds is 1. The van der Waals surface area contributed by atoms with Crippen LogP contribution in [0.3, 0.4) is 0 Å². The van der Waals surface area contributed by atoms with Gasteiger partial charge in [0.25, 0.3) is 0 Å². The molecule has 0 aromatic heterocycles. The lowest BCUT2D eigenvalue weighted by molar-refractivity contribution is -0.0455. The van der Waals surface area contributed by atoms with Crippen molar-refractivity contribution in [2.75, 3.05) is 24.7 Å². The van der Waals surface area contributed by atoms with Crippen LogP contribution in [-0.2, 0) is 4.74 Å². The molecule has 2 rings (SSSR count). The molecule has 3 nitrogen and oxygen atoms in total. The van der Waals surface area contributed by atoms with Crippen molar-refractivity contribution < 1.29 is 9.84 Å². The smallest absolute Gasteiger partial charge is 0.0865 e. The standard InChI is InChI=1S/C9H17NO2S/c10-8(1-4-12-7-8)9(11)2-5-13-6-3-9/h11H,1-7,10H2. The summed E-state index contributed by atoms with van der Waals surface area (Å²) in [5, 5.41) is 10.4. The van der Waals surface area contributed by atoms with Gasteiger partial charge in [-0.05, 0) is 30.8 Å². The molecule has 76 valence electrons. The molecule has 3 N–H and O–H groups in total. The van der Waals surface area contributed by atoms with E-state index in [0.29, 0.717) is 13.2 Å². The zero-order valence-electron chi connectivity index (χ0n) is 7.79. The van der Waals surface area contributed by atoms with E-state index in [1.165, 1.54) is 0 Å². The monoisotopic (exact) mass is 203 g/mol. The molecular weight excluding hydrogens is 186 g/mol. The SMILES string of the molecule is NC1(C2(O)CCSCC2)CCOC1. The van der Waals surface area contributed by atoms with Gasteiger partial charge in [-0.15, -0.1) is 0 Å². The fourth-order valence-corrected chi connectivity index (χ4v) is 3.32. The van der Waals surface area contributed by atoms with Gasteiger partial charge < -0.3 is 15.6 Å². The molecule has 2 fully saturated rings. The summed E-state index contributed by atoms with van der Waals surface area (Å²) in [5.74, 6) is 2.05. The highest BCUT2D eigenvalue weighted by Gasteiger charge is 2.50. The van der Waals surface area contributed by atoms with Gasteiger partial charge >= 0.3 is 0 Å². The average Bonchev–Trinajstić information content (AvgIpc) is 2.55. The molecule has 0 radical (unpaired) electrons. The number of thioether (sulfide) groups is 1. The van der Waals surface area contributed by atoms with Gasteiger partial charge in [-0.1, -0.05) is 0 Å². The van der Waals surface area contributed by atoms with E-state index < -0.39 is 11.1 Å². The van der Waals surface area contributed by atoms with Gasteiger partial charge in [-0.2, -0.15) is 11.8 Å². The summed E-state index contributed by atoms with van der Waals surface area (Å²) in [5.41, 5.74) is 5.03. The Labute approximate surface area is 83.0 Å². The molecule has 0 spiro atoms. The molecule has 1 unspecified atom stereocenters. The Morgan fingerprint density at radius 1 is 1.23 bits per heavy atom. The quantitative estimate of drug-likeness (QED) is 0.646. The molecule has 0 bridgehead atoms. The Morgan fingerprint density at radius 3 is 2.46 bits per heavy atom. The van der Waals surface area contributed by atoms with E-state index in [4.69, 9.17) is 10.5 Å². The zero-order valence-corrected chi connectivity index (χ0v) is 8.61. The van der Waals surface area contributed by atoms with Crippen molar-refractivity contribution in [2.45, 2.75) is 30.4 Å². The highest BCUT2D eigenvalue weighted by Crippen LogP contribution is 2.38. The van der Waals surface area contributed by atoms with Gasteiger partial charge in [0.15, 0.2) is 0 Å². The lowest BCUT2D eigenvalue weighted by Crippen LogP contribution is -2.62. The number of nitrogens with two attached hydrogens (primary N) is 1. The van der Waals surface area contributed by atoms with Gasteiger partial charge in [0.05, 0.1) is 17.7 Å². The van der Waals surface area contributed by atoms with Crippen LogP contribution in [0.15, 0.2) is 0 Å².